The van der Waals surface area contributed by atoms with Crippen molar-refractivity contribution in [2.24, 2.45) is 5.41 Å². The fraction of sp³-hybridized carbons (Fsp3) is 0.636. The number of allylic oxidation sites excluding steroid dienone is 2. The van der Waals surface area contributed by atoms with Crippen molar-refractivity contribution < 1.29 is 5.11 Å². The van der Waals surface area contributed by atoms with E-state index in [1.54, 1.807) is 0 Å². The topological polar surface area (TPSA) is 20.2 Å². The van der Waals surface area contributed by atoms with Crippen LogP contribution in [0.3, 0.4) is 0 Å². The van der Waals surface area contributed by atoms with Crippen LogP contribution >= 0.6 is 0 Å². The molecular formula is C11H16O. The van der Waals surface area contributed by atoms with Crippen LogP contribution in [0.2, 0.25) is 0 Å². The monoisotopic (exact) mass is 164 g/mol. The molecule has 1 saturated carbocycles. The van der Waals surface area contributed by atoms with Gasteiger partial charge in [-0.2, -0.15) is 0 Å². The summed E-state index contributed by atoms with van der Waals surface area (Å²) in [6.07, 6.45) is 10.8. The number of fused-ring (bicyclic) bond motifs is 1. The standard InChI is InChI=1S/C11H16O/c1-11-6-3-2-4-9(11)8-10(12)5-7-11/h5,7-8,10,12H,2-4,6H2,1H3/t10-,11-/m0/s1. The molecule has 2 atom stereocenters. The molecule has 0 bridgehead atoms. The van der Waals surface area contributed by atoms with Gasteiger partial charge >= 0.3 is 0 Å². The molecule has 2 aliphatic carbocycles. The van der Waals surface area contributed by atoms with Crippen molar-refractivity contribution in [1.29, 1.82) is 0 Å². The van der Waals surface area contributed by atoms with Crippen molar-refractivity contribution >= 4 is 0 Å². The van der Waals surface area contributed by atoms with Crippen molar-refractivity contribution in [2.75, 3.05) is 0 Å². The van der Waals surface area contributed by atoms with Gasteiger partial charge in [0.1, 0.15) is 0 Å². The van der Waals surface area contributed by atoms with E-state index < -0.39 is 0 Å². The largest absolute Gasteiger partial charge is 0.385 e. The van der Waals surface area contributed by atoms with Gasteiger partial charge < -0.3 is 5.11 Å². The third-order valence-electron chi connectivity index (χ3n) is 3.16. The highest BCUT2D eigenvalue weighted by atomic mass is 16.3. The molecule has 0 aliphatic heterocycles. The molecule has 12 heavy (non-hydrogen) atoms. The lowest BCUT2D eigenvalue weighted by Crippen LogP contribution is -2.25. The quantitative estimate of drug-likeness (QED) is 0.545. The zero-order valence-corrected chi connectivity index (χ0v) is 7.59. The smallest absolute Gasteiger partial charge is 0.0905 e. The van der Waals surface area contributed by atoms with Crippen LogP contribution in [-0.2, 0) is 0 Å². The van der Waals surface area contributed by atoms with E-state index in [1.165, 1.54) is 31.3 Å². The van der Waals surface area contributed by atoms with Crippen molar-refractivity contribution in [3.63, 3.8) is 0 Å². The molecule has 66 valence electrons. The summed E-state index contributed by atoms with van der Waals surface area (Å²) in [7, 11) is 0. The minimum Gasteiger partial charge on any atom is -0.385 e. The molecule has 0 unspecified atom stereocenters. The summed E-state index contributed by atoms with van der Waals surface area (Å²) in [5.74, 6) is 0. The Hall–Kier alpha value is -0.560. The highest BCUT2D eigenvalue weighted by molar-refractivity contribution is 5.30. The Balaban J connectivity index is 2.28. The van der Waals surface area contributed by atoms with Gasteiger partial charge in [-0.05, 0) is 19.3 Å². The highest BCUT2D eigenvalue weighted by Crippen LogP contribution is 2.43. The first-order chi connectivity index (χ1) is 5.71. The Morgan fingerprint density at radius 3 is 3.17 bits per heavy atom. The van der Waals surface area contributed by atoms with E-state index in [4.69, 9.17) is 0 Å². The van der Waals surface area contributed by atoms with E-state index in [1.807, 2.05) is 12.2 Å². The van der Waals surface area contributed by atoms with Crippen LogP contribution in [0.4, 0.5) is 0 Å². The maximum absolute atomic E-state index is 9.40. The van der Waals surface area contributed by atoms with Crippen molar-refractivity contribution in [3.8, 4) is 0 Å². The van der Waals surface area contributed by atoms with Gasteiger partial charge in [-0.25, -0.2) is 0 Å². The second-order valence-electron chi connectivity index (χ2n) is 4.17. The maximum atomic E-state index is 9.40. The minimum atomic E-state index is -0.328. The van der Waals surface area contributed by atoms with Crippen LogP contribution in [0.5, 0.6) is 0 Å². The number of aliphatic hydroxyl groups is 1. The van der Waals surface area contributed by atoms with Crippen molar-refractivity contribution in [3.05, 3.63) is 23.8 Å². The Morgan fingerprint density at radius 1 is 1.50 bits per heavy atom. The van der Waals surface area contributed by atoms with E-state index >= 15 is 0 Å². The summed E-state index contributed by atoms with van der Waals surface area (Å²) in [6, 6.07) is 0. The average molecular weight is 164 g/mol. The first kappa shape index (κ1) is 8.06. The average Bonchev–Trinajstić information content (AvgIpc) is 2.06. The van der Waals surface area contributed by atoms with Crippen LogP contribution in [0.15, 0.2) is 23.8 Å². The molecule has 0 amide bonds. The molecule has 0 radical (unpaired) electrons. The van der Waals surface area contributed by atoms with Crippen LogP contribution in [0.1, 0.15) is 32.6 Å². The fourth-order valence-electron chi connectivity index (χ4n) is 2.29. The summed E-state index contributed by atoms with van der Waals surface area (Å²) in [5.41, 5.74) is 1.72. The maximum Gasteiger partial charge on any atom is 0.0905 e. The molecule has 0 spiro atoms. The molecule has 0 aromatic carbocycles. The fourth-order valence-corrected chi connectivity index (χ4v) is 2.29. The molecule has 2 rings (SSSR count). The third-order valence-corrected chi connectivity index (χ3v) is 3.16. The first-order valence-electron chi connectivity index (χ1n) is 4.79. The molecule has 1 nitrogen and oxygen atoms in total. The lowest BCUT2D eigenvalue weighted by Gasteiger charge is -2.36. The van der Waals surface area contributed by atoms with Crippen LogP contribution in [-0.4, -0.2) is 11.2 Å². The molecule has 2 aliphatic rings. The predicted octanol–water partition coefficient (Wildman–Crippen LogP) is 2.42. The molecule has 1 N–H and O–H groups in total. The van der Waals surface area contributed by atoms with E-state index in [0.717, 1.165) is 0 Å². The lowest BCUT2D eigenvalue weighted by atomic mass is 9.69. The second kappa shape index (κ2) is 2.74. The molecule has 0 aromatic heterocycles. The van der Waals surface area contributed by atoms with Gasteiger partial charge in [0, 0.05) is 5.41 Å². The Labute approximate surface area is 73.8 Å². The Kier molecular flexibility index (Phi) is 1.84. The number of hydrogen-bond donors (Lipinski definition) is 1. The zero-order chi connectivity index (χ0) is 8.60. The van der Waals surface area contributed by atoms with Crippen molar-refractivity contribution in [2.45, 2.75) is 38.7 Å². The van der Waals surface area contributed by atoms with Gasteiger partial charge in [-0.3, -0.25) is 0 Å². The number of aliphatic hydroxyl groups excluding tert-OH is 1. The number of hydrogen-bond acceptors (Lipinski definition) is 1. The van der Waals surface area contributed by atoms with E-state index in [-0.39, 0.29) is 11.5 Å². The van der Waals surface area contributed by atoms with Gasteiger partial charge in [0.25, 0.3) is 0 Å². The SMILES string of the molecule is C[C@]12C=C[C@H](O)C=C1CCCC2. The highest BCUT2D eigenvalue weighted by Gasteiger charge is 2.31. The van der Waals surface area contributed by atoms with Gasteiger partial charge in [0.15, 0.2) is 0 Å². The van der Waals surface area contributed by atoms with Crippen LogP contribution < -0.4 is 0 Å². The molecule has 0 saturated heterocycles. The van der Waals surface area contributed by atoms with Crippen molar-refractivity contribution in [1.82, 2.24) is 0 Å². The Bertz CT molecular complexity index is 239. The summed E-state index contributed by atoms with van der Waals surface area (Å²) < 4.78 is 0. The molecule has 0 aromatic rings. The van der Waals surface area contributed by atoms with Gasteiger partial charge in [0.2, 0.25) is 0 Å². The van der Waals surface area contributed by atoms with E-state index in [0.29, 0.717) is 0 Å². The summed E-state index contributed by atoms with van der Waals surface area (Å²) in [4.78, 5) is 0. The second-order valence-corrected chi connectivity index (χ2v) is 4.17. The number of rotatable bonds is 0. The van der Waals surface area contributed by atoms with Crippen LogP contribution in [0.25, 0.3) is 0 Å². The summed E-state index contributed by atoms with van der Waals surface area (Å²) in [5, 5.41) is 9.40. The van der Waals surface area contributed by atoms with Gasteiger partial charge in [-0.15, -0.1) is 0 Å². The minimum absolute atomic E-state index is 0.275. The molecular weight excluding hydrogens is 148 g/mol. The molecule has 0 heterocycles. The van der Waals surface area contributed by atoms with Gasteiger partial charge in [0.05, 0.1) is 6.10 Å². The molecule has 1 heteroatoms. The van der Waals surface area contributed by atoms with Gasteiger partial charge in [-0.1, -0.05) is 37.1 Å². The zero-order valence-electron chi connectivity index (χ0n) is 7.59. The predicted molar refractivity (Wildman–Crippen MR) is 49.8 cm³/mol. The first-order valence-corrected chi connectivity index (χ1v) is 4.79. The van der Waals surface area contributed by atoms with E-state index in [2.05, 4.69) is 13.0 Å². The van der Waals surface area contributed by atoms with E-state index in [9.17, 15) is 5.11 Å². The lowest BCUT2D eigenvalue weighted by molar-refractivity contribution is 0.254. The normalized spacial score (nSPS) is 40.5. The van der Waals surface area contributed by atoms with Crippen LogP contribution in [0, 0.1) is 5.41 Å². The summed E-state index contributed by atoms with van der Waals surface area (Å²) in [6.45, 7) is 2.28. The summed E-state index contributed by atoms with van der Waals surface area (Å²) >= 11 is 0. The molecule has 1 fully saturated rings. The Morgan fingerprint density at radius 2 is 2.33 bits per heavy atom. The third kappa shape index (κ3) is 1.22.